The fourth-order valence-corrected chi connectivity index (χ4v) is 5.35. The minimum Gasteiger partial charge on any atom is -0.351 e. The van der Waals surface area contributed by atoms with Gasteiger partial charge in [-0.05, 0) is 41.8 Å². The van der Waals surface area contributed by atoms with Crippen molar-refractivity contribution in [2.45, 2.75) is 44.3 Å². The van der Waals surface area contributed by atoms with Crippen LogP contribution in [0, 0.1) is 0 Å². The number of carbonyl (C=O) groups is 3. The number of rotatable bonds is 9. The van der Waals surface area contributed by atoms with Gasteiger partial charge in [-0.1, -0.05) is 31.0 Å². The first-order valence-electron chi connectivity index (χ1n) is 11.0. The molecule has 1 unspecified atom stereocenters. The Hall–Kier alpha value is -3.04. The summed E-state index contributed by atoms with van der Waals surface area (Å²) in [5, 5.41) is 9.59. The highest BCUT2D eigenvalue weighted by molar-refractivity contribution is 7.12. The van der Waals surface area contributed by atoms with E-state index in [1.54, 1.807) is 35.5 Å². The fourth-order valence-electron chi connectivity index (χ4n) is 4.01. The third-order valence-electron chi connectivity index (χ3n) is 5.63. The van der Waals surface area contributed by atoms with E-state index < -0.39 is 6.04 Å². The number of hydrogen-bond acceptors (Lipinski definition) is 6. The highest BCUT2D eigenvalue weighted by Crippen LogP contribution is 2.26. The van der Waals surface area contributed by atoms with E-state index in [2.05, 4.69) is 15.6 Å². The molecule has 0 bridgehead atoms. The summed E-state index contributed by atoms with van der Waals surface area (Å²) in [5.74, 6) is -0.851. The van der Waals surface area contributed by atoms with Crippen molar-refractivity contribution in [2.24, 2.45) is 0 Å². The number of carbonyl (C=O) groups excluding carboxylic acids is 3. The first kappa shape index (κ1) is 23.1. The van der Waals surface area contributed by atoms with Gasteiger partial charge < -0.3 is 15.5 Å². The summed E-state index contributed by atoms with van der Waals surface area (Å²) in [7, 11) is 0. The third kappa shape index (κ3) is 6.06. The van der Waals surface area contributed by atoms with E-state index in [9.17, 15) is 14.4 Å². The molecule has 0 spiro atoms. The molecule has 0 radical (unpaired) electrons. The lowest BCUT2D eigenvalue weighted by Crippen LogP contribution is -2.48. The van der Waals surface area contributed by atoms with Gasteiger partial charge in [-0.2, -0.15) is 0 Å². The third-order valence-corrected chi connectivity index (χ3v) is 7.36. The predicted molar refractivity (Wildman–Crippen MR) is 129 cm³/mol. The van der Waals surface area contributed by atoms with Crippen LogP contribution in [0.25, 0.3) is 0 Å². The Labute approximate surface area is 200 Å². The molecular formula is C24H26N4O3S2. The van der Waals surface area contributed by atoms with E-state index in [-0.39, 0.29) is 36.9 Å². The quantitative estimate of drug-likeness (QED) is 0.486. The van der Waals surface area contributed by atoms with Gasteiger partial charge in [0.1, 0.15) is 6.04 Å². The Kier molecular flexibility index (Phi) is 7.85. The standard InChI is InChI=1S/C24H26N4O3S2/c29-21(15-26-23(30)20-10-5-13-33-20)28(16-19-9-4-12-32-19)22(17-6-3-11-25-14-17)24(31)27-18-7-1-2-8-18/h3-6,9-14,18,22H,1-2,7-8,15-16H2,(H,26,30)(H,27,31). The molecule has 3 amide bonds. The van der Waals surface area contributed by atoms with E-state index in [1.165, 1.54) is 22.7 Å². The summed E-state index contributed by atoms with van der Waals surface area (Å²) in [6.45, 7) is 0.0681. The minimum atomic E-state index is -0.840. The Morgan fingerprint density at radius 2 is 1.85 bits per heavy atom. The van der Waals surface area contributed by atoms with Crippen LogP contribution in [0.3, 0.4) is 0 Å². The number of aromatic nitrogens is 1. The fraction of sp³-hybridized carbons (Fsp3) is 0.333. The largest absolute Gasteiger partial charge is 0.351 e. The van der Waals surface area contributed by atoms with Crippen LogP contribution in [-0.4, -0.2) is 40.2 Å². The highest BCUT2D eigenvalue weighted by Gasteiger charge is 2.33. The van der Waals surface area contributed by atoms with Crippen LogP contribution < -0.4 is 10.6 Å². The number of hydrogen-bond donors (Lipinski definition) is 2. The van der Waals surface area contributed by atoms with Crippen LogP contribution in [-0.2, 0) is 16.1 Å². The van der Waals surface area contributed by atoms with Crippen LogP contribution in [0.4, 0.5) is 0 Å². The molecule has 33 heavy (non-hydrogen) atoms. The summed E-state index contributed by atoms with van der Waals surface area (Å²) in [6, 6.07) is 10.2. The molecule has 0 saturated heterocycles. The first-order chi connectivity index (χ1) is 16.1. The number of thiophene rings is 2. The maximum absolute atomic E-state index is 13.5. The molecule has 3 aromatic rings. The van der Waals surface area contributed by atoms with Crippen LogP contribution in [0.1, 0.15) is 51.8 Å². The van der Waals surface area contributed by atoms with Crippen molar-refractivity contribution in [1.29, 1.82) is 0 Å². The van der Waals surface area contributed by atoms with Crippen molar-refractivity contribution < 1.29 is 14.4 Å². The molecular weight excluding hydrogens is 456 g/mol. The lowest BCUT2D eigenvalue weighted by Gasteiger charge is -2.32. The number of nitrogens with one attached hydrogen (secondary N) is 2. The summed E-state index contributed by atoms with van der Waals surface area (Å²) in [4.78, 5) is 46.5. The Morgan fingerprint density at radius 3 is 2.52 bits per heavy atom. The SMILES string of the molecule is O=C(NCC(=O)N(Cc1cccs1)C(C(=O)NC1CCCC1)c1cccnc1)c1cccs1. The molecule has 2 N–H and O–H groups in total. The van der Waals surface area contributed by atoms with Gasteiger partial charge in [0.2, 0.25) is 11.8 Å². The van der Waals surface area contributed by atoms with Gasteiger partial charge in [-0.3, -0.25) is 19.4 Å². The van der Waals surface area contributed by atoms with Gasteiger partial charge in [-0.25, -0.2) is 0 Å². The number of pyridine rings is 1. The Morgan fingerprint density at radius 1 is 1.06 bits per heavy atom. The second-order valence-corrected chi connectivity index (χ2v) is 9.92. The zero-order valence-corrected chi connectivity index (χ0v) is 19.7. The first-order valence-corrected chi connectivity index (χ1v) is 12.7. The van der Waals surface area contributed by atoms with E-state index in [4.69, 9.17) is 0 Å². The number of nitrogens with zero attached hydrogens (tertiary/aromatic N) is 2. The van der Waals surface area contributed by atoms with Crippen molar-refractivity contribution in [2.75, 3.05) is 6.54 Å². The molecule has 1 aliphatic carbocycles. The predicted octanol–water partition coefficient (Wildman–Crippen LogP) is 3.76. The summed E-state index contributed by atoms with van der Waals surface area (Å²) >= 11 is 2.83. The average molecular weight is 483 g/mol. The molecule has 9 heteroatoms. The molecule has 1 aliphatic rings. The molecule has 172 valence electrons. The second-order valence-electron chi connectivity index (χ2n) is 7.94. The lowest BCUT2D eigenvalue weighted by molar-refractivity contribution is -0.141. The van der Waals surface area contributed by atoms with E-state index in [1.807, 2.05) is 29.0 Å². The summed E-state index contributed by atoms with van der Waals surface area (Å²) in [6.07, 6.45) is 7.34. The topological polar surface area (TPSA) is 91.4 Å². The van der Waals surface area contributed by atoms with Crippen molar-refractivity contribution in [1.82, 2.24) is 20.5 Å². The van der Waals surface area contributed by atoms with E-state index >= 15 is 0 Å². The van der Waals surface area contributed by atoms with Crippen LogP contribution >= 0.6 is 22.7 Å². The summed E-state index contributed by atoms with van der Waals surface area (Å²) in [5.41, 5.74) is 0.641. The second kappa shape index (κ2) is 11.2. The highest BCUT2D eigenvalue weighted by atomic mass is 32.1. The zero-order chi connectivity index (χ0) is 23.0. The maximum Gasteiger partial charge on any atom is 0.261 e. The van der Waals surface area contributed by atoms with Crippen LogP contribution in [0.5, 0.6) is 0 Å². The molecule has 3 aromatic heterocycles. The molecule has 3 heterocycles. The maximum atomic E-state index is 13.5. The number of amides is 3. The molecule has 0 aromatic carbocycles. The van der Waals surface area contributed by atoms with Crippen molar-refractivity contribution in [3.63, 3.8) is 0 Å². The average Bonchev–Trinajstić information content (AvgIpc) is 3.61. The van der Waals surface area contributed by atoms with Crippen molar-refractivity contribution in [3.8, 4) is 0 Å². The van der Waals surface area contributed by atoms with Gasteiger partial charge in [0.15, 0.2) is 0 Å². The summed E-state index contributed by atoms with van der Waals surface area (Å²) < 4.78 is 0. The smallest absolute Gasteiger partial charge is 0.261 e. The van der Waals surface area contributed by atoms with Gasteiger partial charge in [0, 0.05) is 28.9 Å². The van der Waals surface area contributed by atoms with Crippen LogP contribution in [0.2, 0.25) is 0 Å². The molecule has 0 aliphatic heterocycles. The lowest BCUT2D eigenvalue weighted by atomic mass is 10.0. The monoisotopic (exact) mass is 482 g/mol. The molecule has 1 fully saturated rings. The van der Waals surface area contributed by atoms with E-state index in [0.717, 1.165) is 30.6 Å². The van der Waals surface area contributed by atoms with E-state index in [0.29, 0.717) is 10.4 Å². The molecule has 1 saturated carbocycles. The minimum absolute atomic E-state index is 0.119. The van der Waals surface area contributed by atoms with Gasteiger partial charge in [0.05, 0.1) is 18.0 Å². The Bertz CT molecular complexity index is 1050. The normalized spacial score (nSPS) is 14.5. The Balaban J connectivity index is 1.58. The zero-order valence-electron chi connectivity index (χ0n) is 18.1. The molecule has 1 atom stereocenters. The molecule has 4 rings (SSSR count). The molecule has 7 nitrogen and oxygen atoms in total. The van der Waals surface area contributed by atoms with Crippen molar-refractivity contribution >= 4 is 40.4 Å². The van der Waals surface area contributed by atoms with Gasteiger partial charge in [-0.15, -0.1) is 22.7 Å². The van der Waals surface area contributed by atoms with Crippen molar-refractivity contribution in [3.05, 3.63) is 74.9 Å². The van der Waals surface area contributed by atoms with Crippen LogP contribution in [0.15, 0.2) is 59.6 Å². The van der Waals surface area contributed by atoms with Gasteiger partial charge >= 0.3 is 0 Å². The van der Waals surface area contributed by atoms with Gasteiger partial charge in [0.25, 0.3) is 5.91 Å².